The van der Waals surface area contributed by atoms with E-state index in [9.17, 15) is 9.18 Å². The van der Waals surface area contributed by atoms with Crippen LogP contribution in [-0.2, 0) is 11.2 Å². The molecule has 19 heavy (non-hydrogen) atoms. The van der Waals surface area contributed by atoms with Crippen molar-refractivity contribution in [3.05, 3.63) is 35.6 Å². The molecule has 2 fully saturated rings. The number of nitrogens with zero attached hydrogens (tertiary/aromatic N) is 1. The Hall–Kier alpha value is -1.42. The van der Waals surface area contributed by atoms with E-state index < -0.39 is 0 Å². The molecule has 0 bridgehead atoms. The summed E-state index contributed by atoms with van der Waals surface area (Å²) < 4.78 is 12.8. The maximum absolute atomic E-state index is 12.8. The van der Waals surface area contributed by atoms with Gasteiger partial charge < -0.3 is 10.2 Å². The number of amides is 1. The van der Waals surface area contributed by atoms with Gasteiger partial charge >= 0.3 is 0 Å². The van der Waals surface area contributed by atoms with E-state index in [-0.39, 0.29) is 11.7 Å². The lowest BCUT2D eigenvalue weighted by Gasteiger charge is -2.52. The highest BCUT2D eigenvalue weighted by molar-refractivity contribution is 5.79. The van der Waals surface area contributed by atoms with Crippen molar-refractivity contribution >= 4 is 5.91 Å². The van der Waals surface area contributed by atoms with E-state index in [1.807, 2.05) is 4.90 Å². The maximum atomic E-state index is 12.8. The highest BCUT2D eigenvalue weighted by Crippen LogP contribution is 2.36. The molecule has 0 aliphatic carbocycles. The van der Waals surface area contributed by atoms with E-state index in [0.717, 1.165) is 31.7 Å². The highest BCUT2D eigenvalue weighted by Gasteiger charge is 2.45. The predicted molar refractivity (Wildman–Crippen MR) is 71.2 cm³/mol. The lowest BCUT2D eigenvalue weighted by atomic mass is 9.74. The van der Waals surface area contributed by atoms with Crippen LogP contribution in [0.25, 0.3) is 0 Å². The Kier molecular flexibility index (Phi) is 3.27. The summed E-state index contributed by atoms with van der Waals surface area (Å²) in [5.74, 6) is -0.102. The molecular formula is C15H19FN2O. The first-order chi connectivity index (χ1) is 9.17. The summed E-state index contributed by atoms with van der Waals surface area (Å²) in [5.41, 5.74) is 1.21. The number of piperidine rings is 1. The quantitative estimate of drug-likeness (QED) is 0.877. The van der Waals surface area contributed by atoms with Crippen LogP contribution in [0.5, 0.6) is 0 Å². The molecule has 2 aliphatic heterocycles. The molecule has 1 spiro atoms. The van der Waals surface area contributed by atoms with Gasteiger partial charge in [0, 0.05) is 25.0 Å². The number of carbonyl (C=O) groups excluding carboxylic acids is 1. The van der Waals surface area contributed by atoms with E-state index in [0.29, 0.717) is 11.8 Å². The van der Waals surface area contributed by atoms with Crippen molar-refractivity contribution in [1.29, 1.82) is 0 Å². The second-order valence-corrected chi connectivity index (χ2v) is 5.83. The SMILES string of the molecule is O=C(Cc1ccc(F)cc1)N1CC2(CCCNC2)C1. The number of rotatable bonds is 2. The van der Waals surface area contributed by atoms with Crippen molar-refractivity contribution in [3.8, 4) is 0 Å². The molecule has 1 aromatic carbocycles. The molecule has 3 nitrogen and oxygen atoms in total. The standard InChI is InChI=1S/C15H19FN2O/c16-13-4-2-12(3-5-13)8-14(19)18-10-15(11-18)6-1-7-17-9-15/h2-5,17H,1,6-11H2. The van der Waals surface area contributed by atoms with Crippen LogP contribution in [0.3, 0.4) is 0 Å². The summed E-state index contributed by atoms with van der Waals surface area (Å²) in [6.07, 6.45) is 2.81. The Morgan fingerprint density at radius 2 is 2.05 bits per heavy atom. The zero-order chi connectivity index (χ0) is 13.3. The molecule has 3 rings (SSSR count). The van der Waals surface area contributed by atoms with Crippen molar-refractivity contribution in [1.82, 2.24) is 10.2 Å². The maximum Gasteiger partial charge on any atom is 0.227 e. The second kappa shape index (κ2) is 4.93. The smallest absolute Gasteiger partial charge is 0.227 e. The number of halogens is 1. The number of hydrogen-bond acceptors (Lipinski definition) is 2. The topological polar surface area (TPSA) is 32.3 Å². The van der Waals surface area contributed by atoms with E-state index in [2.05, 4.69) is 5.32 Å². The molecule has 1 N–H and O–H groups in total. The van der Waals surface area contributed by atoms with Gasteiger partial charge in [-0.25, -0.2) is 4.39 Å². The zero-order valence-corrected chi connectivity index (χ0v) is 11.0. The van der Waals surface area contributed by atoms with Crippen molar-refractivity contribution in [2.24, 2.45) is 5.41 Å². The van der Waals surface area contributed by atoms with Gasteiger partial charge in [-0.15, -0.1) is 0 Å². The zero-order valence-electron chi connectivity index (χ0n) is 11.0. The molecule has 0 radical (unpaired) electrons. The van der Waals surface area contributed by atoms with Crippen LogP contribution < -0.4 is 5.32 Å². The van der Waals surface area contributed by atoms with Crippen LogP contribution in [0.1, 0.15) is 18.4 Å². The largest absolute Gasteiger partial charge is 0.341 e. The lowest BCUT2D eigenvalue weighted by Crippen LogP contribution is -2.63. The van der Waals surface area contributed by atoms with Gasteiger partial charge in [0.25, 0.3) is 0 Å². The summed E-state index contributed by atoms with van der Waals surface area (Å²) in [6.45, 7) is 3.89. The van der Waals surface area contributed by atoms with Gasteiger partial charge in [0.2, 0.25) is 5.91 Å². The minimum atomic E-state index is -0.257. The molecule has 1 aromatic rings. The van der Waals surface area contributed by atoms with Crippen LogP contribution in [0.2, 0.25) is 0 Å². The Balaban J connectivity index is 1.54. The van der Waals surface area contributed by atoms with Crippen LogP contribution in [-0.4, -0.2) is 37.0 Å². The highest BCUT2D eigenvalue weighted by atomic mass is 19.1. The minimum absolute atomic E-state index is 0.155. The summed E-state index contributed by atoms with van der Waals surface area (Å²) in [5, 5.41) is 3.41. The fraction of sp³-hybridized carbons (Fsp3) is 0.533. The third kappa shape index (κ3) is 2.63. The van der Waals surface area contributed by atoms with E-state index in [1.165, 1.54) is 25.0 Å². The molecular weight excluding hydrogens is 243 g/mol. The third-order valence-corrected chi connectivity index (χ3v) is 4.23. The van der Waals surface area contributed by atoms with Gasteiger partial charge in [-0.1, -0.05) is 12.1 Å². The molecule has 4 heteroatoms. The molecule has 0 saturated carbocycles. The first kappa shape index (κ1) is 12.6. The lowest BCUT2D eigenvalue weighted by molar-refractivity contribution is -0.143. The van der Waals surface area contributed by atoms with Crippen LogP contribution >= 0.6 is 0 Å². The molecule has 0 unspecified atom stereocenters. The Morgan fingerprint density at radius 1 is 1.32 bits per heavy atom. The van der Waals surface area contributed by atoms with Crippen LogP contribution in [0, 0.1) is 11.2 Å². The first-order valence-electron chi connectivity index (χ1n) is 6.90. The normalized spacial score (nSPS) is 21.2. The first-order valence-corrected chi connectivity index (χ1v) is 6.90. The Bertz CT molecular complexity index is 458. The Labute approximate surface area is 112 Å². The van der Waals surface area contributed by atoms with Gasteiger partial charge in [0.15, 0.2) is 0 Å². The van der Waals surface area contributed by atoms with Crippen molar-refractivity contribution in [3.63, 3.8) is 0 Å². The van der Waals surface area contributed by atoms with Gasteiger partial charge in [-0.05, 0) is 37.1 Å². The summed E-state index contributed by atoms with van der Waals surface area (Å²) in [4.78, 5) is 14.0. The molecule has 0 atom stereocenters. The third-order valence-electron chi connectivity index (χ3n) is 4.23. The van der Waals surface area contributed by atoms with Crippen molar-refractivity contribution in [2.45, 2.75) is 19.3 Å². The number of carbonyl (C=O) groups is 1. The van der Waals surface area contributed by atoms with Gasteiger partial charge in [-0.2, -0.15) is 0 Å². The fourth-order valence-corrected chi connectivity index (χ4v) is 3.13. The second-order valence-electron chi connectivity index (χ2n) is 5.83. The number of nitrogens with one attached hydrogen (secondary N) is 1. The average Bonchev–Trinajstić information content (AvgIpc) is 2.39. The van der Waals surface area contributed by atoms with Gasteiger partial charge in [-0.3, -0.25) is 4.79 Å². The predicted octanol–water partition coefficient (Wildman–Crippen LogP) is 1.58. The molecule has 2 aliphatic rings. The Morgan fingerprint density at radius 3 is 2.68 bits per heavy atom. The molecule has 0 aromatic heterocycles. The molecule has 2 saturated heterocycles. The fourth-order valence-electron chi connectivity index (χ4n) is 3.13. The average molecular weight is 262 g/mol. The number of likely N-dealkylation sites (tertiary alicyclic amines) is 1. The summed E-state index contributed by atoms with van der Waals surface area (Å²) in [6, 6.07) is 6.19. The van der Waals surface area contributed by atoms with Gasteiger partial charge in [0.1, 0.15) is 5.82 Å². The van der Waals surface area contributed by atoms with E-state index >= 15 is 0 Å². The molecule has 2 heterocycles. The van der Waals surface area contributed by atoms with Crippen LogP contribution in [0.4, 0.5) is 4.39 Å². The van der Waals surface area contributed by atoms with Gasteiger partial charge in [0.05, 0.1) is 6.42 Å². The molecule has 102 valence electrons. The van der Waals surface area contributed by atoms with Crippen molar-refractivity contribution < 1.29 is 9.18 Å². The number of hydrogen-bond donors (Lipinski definition) is 1. The minimum Gasteiger partial charge on any atom is -0.341 e. The van der Waals surface area contributed by atoms with E-state index in [1.54, 1.807) is 12.1 Å². The molecule has 1 amide bonds. The van der Waals surface area contributed by atoms with Crippen molar-refractivity contribution in [2.75, 3.05) is 26.2 Å². The summed E-state index contributed by atoms with van der Waals surface area (Å²) >= 11 is 0. The monoisotopic (exact) mass is 262 g/mol. The van der Waals surface area contributed by atoms with E-state index in [4.69, 9.17) is 0 Å². The number of benzene rings is 1. The summed E-state index contributed by atoms with van der Waals surface area (Å²) in [7, 11) is 0. The van der Waals surface area contributed by atoms with Crippen LogP contribution in [0.15, 0.2) is 24.3 Å².